The summed E-state index contributed by atoms with van der Waals surface area (Å²) in [6.07, 6.45) is -4.98. The zero-order valence-corrected chi connectivity index (χ0v) is 9.77. The number of carbonyl (C=O) groups is 3. The van der Waals surface area contributed by atoms with Gasteiger partial charge in [0.15, 0.2) is 0 Å². The fourth-order valence-electron chi connectivity index (χ4n) is 1.09. The van der Waals surface area contributed by atoms with Crippen LogP contribution < -0.4 is 5.73 Å². The Kier molecular flexibility index (Phi) is 6.83. The van der Waals surface area contributed by atoms with Crippen LogP contribution in [-0.2, 0) is 19.1 Å². The normalized spacial score (nSPS) is 11.1. The number of nitrogens with two attached hydrogens (primary N) is 1. The molecule has 0 unspecified atom stereocenters. The molecule has 10 heteroatoms. The third-order valence-electron chi connectivity index (χ3n) is 1.75. The van der Waals surface area contributed by atoms with Crippen LogP contribution in [0.25, 0.3) is 0 Å². The Labute approximate surface area is 106 Å². The Hall–Kier alpha value is -1.84. The second-order valence-electron chi connectivity index (χ2n) is 3.53. The molecule has 0 heterocycles. The van der Waals surface area contributed by atoms with E-state index >= 15 is 0 Å². The molecule has 0 radical (unpaired) electrons. The molecule has 0 spiro atoms. The summed E-state index contributed by atoms with van der Waals surface area (Å²) in [5, 5.41) is 8.50. The number of amides is 2. The van der Waals surface area contributed by atoms with Crippen LogP contribution in [0.1, 0.15) is 6.42 Å². The number of carboxylic acids is 1. The SMILES string of the molecule is NC(=O)CN(CC(=O)O)C(=O)CCOCC(F)(F)F. The Bertz CT molecular complexity index is 329. The Morgan fingerprint density at radius 3 is 2.21 bits per heavy atom. The fourth-order valence-corrected chi connectivity index (χ4v) is 1.09. The highest BCUT2D eigenvalue weighted by Gasteiger charge is 2.27. The molecule has 7 nitrogen and oxygen atoms in total. The number of hydrogen-bond acceptors (Lipinski definition) is 4. The molecule has 19 heavy (non-hydrogen) atoms. The van der Waals surface area contributed by atoms with Crippen molar-refractivity contribution >= 4 is 17.8 Å². The highest BCUT2D eigenvalue weighted by atomic mass is 19.4. The van der Waals surface area contributed by atoms with Gasteiger partial charge in [0.05, 0.1) is 19.6 Å². The zero-order valence-electron chi connectivity index (χ0n) is 9.77. The van der Waals surface area contributed by atoms with E-state index < -0.39 is 56.7 Å². The number of carbonyl (C=O) groups excluding carboxylic acids is 2. The molecule has 3 N–H and O–H groups in total. The summed E-state index contributed by atoms with van der Waals surface area (Å²) in [5.74, 6) is -3.13. The first-order valence-corrected chi connectivity index (χ1v) is 5.04. The highest BCUT2D eigenvalue weighted by molar-refractivity contribution is 5.86. The number of primary amides is 1. The van der Waals surface area contributed by atoms with Crippen molar-refractivity contribution in [1.82, 2.24) is 4.90 Å². The summed E-state index contributed by atoms with van der Waals surface area (Å²) in [4.78, 5) is 33.1. The number of rotatable bonds is 8. The second-order valence-corrected chi connectivity index (χ2v) is 3.53. The molecule has 0 bridgehead atoms. The van der Waals surface area contributed by atoms with Crippen molar-refractivity contribution in [2.24, 2.45) is 5.73 Å². The van der Waals surface area contributed by atoms with E-state index in [9.17, 15) is 27.6 Å². The second kappa shape index (κ2) is 7.56. The summed E-state index contributed by atoms with van der Waals surface area (Å²) in [6, 6.07) is 0. The minimum absolute atomic E-state index is 0.476. The third-order valence-corrected chi connectivity index (χ3v) is 1.75. The van der Waals surface area contributed by atoms with Gasteiger partial charge >= 0.3 is 12.1 Å². The van der Waals surface area contributed by atoms with E-state index in [-0.39, 0.29) is 0 Å². The number of ether oxygens (including phenoxy) is 1. The third kappa shape index (κ3) is 9.83. The molecule has 2 amide bonds. The lowest BCUT2D eigenvalue weighted by Crippen LogP contribution is -2.41. The van der Waals surface area contributed by atoms with E-state index in [4.69, 9.17) is 10.8 Å². The van der Waals surface area contributed by atoms with Gasteiger partial charge in [-0.3, -0.25) is 14.4 Å². The smallest absolute Gasteiger partial charge is 0.411 e. The van der Waals surface area contributed by atoms with Crippen LogP contribution in [-0.4, -0.2) is 60.3 Å². The first kappa shape index (κ1) is 17.2. The van der Waals surface area contributed by atoms with Gasteiger partial charge in [-0.05, 0) is 0 Å². The number of nitrogens with zero attached hydrogens (tertiary/aromatic N) is 1. The fraction of sp³-hybridized carbons (Fsp3) is 0.667. The molecule has 0 aliphatic carbocycles. The summed E-state index contributed by atoms with van der Waals surface area (Å²) < 4.78 is 39.4. The minimum Gasteiger partial charge on any atom is -0.480 e. The van der Waals surface area contributed by atoms with Crippen LogP contribution in [0.3, 0.4) is 0 Å². The maximum atomic E-state index is 11.7. The standard InChI is InChI=1S/C9H13F3N2O5/c10-9(11,12)5-19-2-1-7(16)14(3-6(13)15)4-8(17)18/h1-5H2,(H2,13,15)(H,17,18). The van der Waals surface area contributed by atoms with Gasteiger partial charge in [-0.15, -0.1) is 0 Å². The molecular formula is C9H13F3N2O5. The van der Waals surface area contributed by atoms with Crippen molar-refractivity contribution < 1.29 is 37.4 Å². The van der Waals surface area contributed by atoms with Crippen LogP contribution >= 0.6 is 0 Å². The van der Waals surface area contributed by atoms with Gasteiger partial charge in [-0.2, -0.15) is 13.2 Å². The Balaban J connectivity index is 4.17. The number of halogens is 3. The minimum atomic E-state index is -4.50. The first-order chi connectivity index (χ1) is 8.61. The summed E-state index contributed by atoms with van der Waals surface area (Å²) >= 11 is 0. The molecule has 0 aromatic rings. The van der Waals surface area contributed by atoms with E-state index in [0.29, 0.717) is 4.90 Å². The van der Waals surface area contributed by atoms with E-state index in [1.54, 1.807) is 0 Å². The van der Waals surface area contributed by atoms with E-state index in [2.05, 4.69) is 4.74 Å². The predicted molar refractivity (Wildman–Crippen MR) is 54.9 cm³/mol. The molecule has 0 aromatic heterocycles. The van der Waals surface area contributed by atoms with Crippen LogP contribution in [0.2, 0.25) is 0 Å². The predicted octanol–water partition coefficient (Wildman–Crippen LogP) is -0.646. The van der Waals surface area contributed by atoms with E-state index in [0.717, 1.165) is 0 Å². The molecule has 0 aliphatic heterocycles. The van der Waals surface area contributed by atoms with Crippen molar-refractivity contribution in [2.75, 3.05) is 26.3 Å². The summed E-state index contributed by atoms with van der Waals surface area (Å²) in [6.45, 7) is -3.42. The highest BCUT2D eigenvalue weighted by Crippen LogP contribution is 2.14. The van der Waals surface area contributed by atoms with Gasteiger partial charge in [0.2, 0.25) is 11.8 Å². The van der Waals surface area contributed by atoms with Crippen molar-refractivity contribution in [3.63, 3.8) is 0 Å². The van der Waals surface area contributed by atoms with Gasteiger partial charge in [0.1, 0.15) is 13.2 Å². The number of aliphatic carboxylic acids is 1. The molecule has 0 saturated heterocycles. The Morgan fingerprint density at radius 1 is 1.21 bits per heavy atom. The topological polar surface area (TPSA) is 110 Å². The monoisotopic (exact) mass is 286 g/mol. The van der Waals surface area contributed by atoms with Crippen LogP contribution in [0, 0.1) is 0 Å². The van der Waals surface area contributed by atoms with Crippen LogP contribution in [0.15, 0.2) is 0 Å². The van der Waals surface area contributed by atoms with E-state index in [1.165, 1.54) is 0 Å². The largest absolute Gasteiger partial charge is 0.480 e. The molecule has 0 aromatic carbocycles. The van der Waals surface area contributed by atoms with Crippen molar-refractivity contribution in [1.29, 1.82) is 0 Å². The van der Waals surface area contributed by atoms with Gasteiger partial charge in [-0.25, -0.2) is 0 Å². The zero-order chi connectivity index (χ0) is 15.1. The average Bonchev–Trinajstić information content (AvgIpc) is 2.20. The lowest BCUT2D eigenvalue weighted by molar-refractivity contribution is -0.175. The molecule has 0 saturated carbocycles. The van der Waals surface area contributed by atoms with E-state index in [1.807, 2.05) is 0 Å². The first-order valence-electron chi connectivity index (χ1n) is 5.04. The molecular weight excluding hydrogens is 273 g/mol. The lowest BCUT2D eigenvalue weighted by atomic mass is 10.3. The summed E-state index contributed by atoms with van der Waals surface area (Å²) in [7, 11) is 0. The molecule has 0 atom stereocenters. The maximum absolute atomic E-state index is 11.7. The van der Waals surface area contributed by atoms with Crippen molar-refractivity contribution in [3.8, 4) is 0 Å². The van der Waals surface area contributed by atoms with Crippen LogP contribution in [0.4, 0.5) is 13.2 Å². The van der Waals surface area contributed by atoms with Crippen molar-refractivity contribution in [3.05, 3.63) is 0 Å². The lowest BCUT2D eigenvalue weighted by Gasteiger charge is -2.18. The quantitative estimate of drug-likeness (QED) is 0.576. The van der Waals surface area contributed by atoms with Crippen molar-refractivity contribution in [2.45, 2.75) is 12.6 Å². The van der Waals surface area contributed by atoms with Gasteiger partial charge in [0, 0.05) is 0 Å². The van der Waals surface area contributed by atoms with Crippen LogP contribution in [0.5, 0.6) is 0 Å². The molecule has 0 aliphatic rings. The average molecular weight is 286 g/mol. The number of carboxylic acid groups (broad SMARTS) is 1. The molecule has 0 fully saturated rings. The Morgan fingerprint density at radius 2 is 1.79 bits per heavy atom. The van der Waals surface area contributed by atoms with Gasteiger partial charge in [0.25, 0.3) is 0 Å². The van der Waals surface area contributed by atoms with Gasteiger partial charge < -0.3 is 20.5 Å². The summed E-state index contributed by atoms with van der Waals surface area (Å²) in [5.41, 5.74) is 4.81. The molecule has 0 rings (SSSR count). The van der Waals surface area contributed by atoms with Gasteiger partial charge in [-0.1, -0.05) is 0 Å². The number of hydrogen-bond donors (Lipinski definition) is 2. The molecule has 110 valence electrons. The maximum Gasteiger partial charge on any atom is 0.411 e. The number of alkyl halides is 3.